The molecule has 1 heterocycles. The molecule has 0 amide bonds. The fourth-order valence-electron chi connectivity index (χ4n) is 0.549. The highest BCUT2D eigenvalue weighted by Crippen LogP contribution is 1.90. The summed E-state index contributed by atoms with van der Waals surface area (Å²) in [6.07, 6.45) is 3.83. The number of carbonyl (C=O) groups is 1. The first kappa shape index (κ1) is 6.50. The van der Waals surface area contributed by atoms with Gasteiger partial charge in [-0.05, 0) is 18.1 Å². The van der Waals surface area contributed by atoms with Crippen LogP contribution < -0.4 is 0 Å². The lowest BCUT2D eigenvalue weighted by molar-refractivity contribution is -0.103. The van der Waals surface area contributed by atoms with Crippen LogP contribution in [0.1, 0.15) is 5.56 Å². The van der Waals surface area contributed by atoms with Gasteiger partial charge in [-0.15, -0.1) is 0 Å². The molecule has 1 aromatic heterocycles. The highest BCUT2D eigenvalue weighted by atomic mass is 16.1. The molecule has 0 fully saturated rings. The largest absolute Gasteiger partial charge is 0.289 e. The van der Waals surface area contributed by atoms with E-state index in [1.54, 1.807) is 24.5 Å². The van der Waals surface area contributed by atoms with Gasteiger partial charge in [0.1, 0.15) is 0 Å². The SMILES string of the molecule is O=CC#Cc1cccnc1. The normalized spacial score (nSPS) is 7.60. The van der Waals surface area contributed by atoms with E-state index in [-0.39, 0.29) is 0 Å². The van der Waals surface area contributed by atoms with Crippen molar-refractivity contribution in [2.75, 3.05) is 0 Å². The fraction of sp³-hybridized carbons (Fsp3) is 0. The minimum absolute atomic E-state index is 0.562. The van der Waals surface area contributed by atoms with E-state index in [0.29, 0.717) is 6.29 Å². The van der Waals surface area contributed by atoms with Crippen molar-refractivity contribution in [2.24, 2.45) is 0 Å². The van der Waals surface area contributed by atoms with E-state index in [4.69, 9.17) is 0 Å². The van der Waals surface area contributed by atoms with E-state index >= 15 is 0 Å². The number of pyridine rings is 1. The van der Waals surface area contributed by atoms with Crippen molar-refractivity contribution in [3.63, 3.8) is 0 Å². The minimum Gasteiger partial charge on any atom is -0.289 e. The second-order valence-electron chi connectivity index (χ2n) is 1.63. The zero-order chi connectivity index (χ0) is 7.23. The first-order valence-electron chi connectivity index (χ1n) is 2.78. The average Bonchev–Trinajstić information content (AvgIpc) is 2.03. The van der Waals surface area contributed by atoms with Crippen LogP contribution in [0.2, 0.25) is 0 Å². The van der Waals surface area contributed by atoms with Gasteiger partial charge in [-0.1, -0.05) is 5.92 Å². The standard InChI is InChI=1S/C8H5NO/c10-6-2-4-8-3-1-5-9-7-8/h1,3,5-7H. The van der Waals surface area contributed by atoms with Crippen LogP contribution in [0.15, 0.2) is 24.5 Å². The molecule has 0 saturated heterocycles. The van der Waals surface area contributed by atoms with Crippen molar-refractivity contribution >= 4 is 6.29 Å². The molecule has 0 aliphatic carbocycles. The second-order valence-corrected chi connectivity index (χ2v) is 1.63. The molecule has 0 N–H and O–H groups in total. The Morgan fingerprint density at radius 2 is 2.50 bits per heavy atom. The summed E-state index contributed by atoms with van der Waals surface area (Å²) in [6, 6.07) is 3.57. The summed E-state index contributed by atoms with van der Waals surface area (Å²) >= 11 is 0. The van der Waals surface area contributed by atoms with Crippen LogP contribution in [0, 0.1) is 11.8 Å². The summed E-state index contributed by atoms with van der Waals surface area (Å²) < 4.78 is 0. The van der Waals surface area contributed by atoms with Crippen molar-refractivity contribution < 1.29 is 4.79 Å². The number of hydrogen-bond acceptors (Lipinski definition) is 2. The maximum atomic E-state index is 9.78. The molecular formula is C8H5NO. The van der Waals surface area contributed by atoms with Gasteiger partial charge in [0.15, 0.2) is 6.29 Å². The highest BCUT2D eigenvalue weighted by molar-refractivity contribution is 5.73. The second kappa shape index (κ2) is 3.41. The van der Waals surface area contributed by atoms with E-state index in [1.165, 1.54) is 0 Å². The molecule has 2 heteroatoms. The lowest BCUT2D eigenvalue weighted by atomic mass is 10.3. The van der Waals surface area contributed by atoms with Gasteiger partial charge in [-0.25, -0.2) is 0 Å². The Bertz CT molecular complexity index is 268. The van der Waals surface area contributed by atoms with Gasteiger partial charge in [0.25, 0.3) is 0 Å². The molecule has 1 rings (SSSR count). The van der Waals surface area contributed by atoms with Gasteiger partial charge >= 0.3 is 0 Å². The van der Waals surface area contributed by atoms with E-state index in [9.17, 15) is 4.79 Å². The van der Waals surface area contributed by atoms with Crippen molar-refractivity contribution in [3.05, 3.63) is 30.1 Å². The third-order valence-electron chi connectivity index (χ3n) is 0.937. The lowest BCUT2D eigenvalue weighted by Gasteiger charge is -1.82. The summed E-state index contributed by atoms with van der Waals surface area (Å²) in [4.78, 5) is 13.6. The Morgan fingerprint density at radius 3 is 3.10 bits per heavy atom. The van der Waals surface area contributed by atoms with Crippen LogP contribution in [0.5, 0.6) is 0 Å². The first-order valence-corrected chi connectivity index (χ1v) is 2.78. The molecule has 0 unspecified atom stereocenters. The van der Waals surface area contributed by atoms with Gasteiger partial charge in [-0.2, -0.15) is 0 Å². The predicted octanol–water partition coefficient (Wildman–Crippen LogP) is 0.632. The van der Waals surface area contributed by atoms with Crippen molar-refractivity contribution in [1.82, 2.24) is 4.98 Å². The smallest absolute Gasteiger partial charge is 0.193 e. The van der Waals surface area contributed by atoms with Crippen LogP contribution in [0.25, 0.3) is 0 Å². The number of hydrogen-bond donors (Lipinski definition) is 0. The van der Waals surface area contributed by atoms with Crippen molar-refractivity contribution in [3.8, 4) is 11.8 Å². The molecular weight excluding hydrogens is 126 g/mol. The lowest BCUT2D eigenvalue weighted by Crippen LogP contribution is -1.74. The van der Waals surface area contributed by atoms with Gasteiger partial charge in [0.2, 0.25) is 0 Å². The quantitative estimate of drug-likeness (QED) is 0.382. The molecule has 48 valence electrons. The Kier molecular flexibility index (Phi) is 2.22. The van der Waals surface area contributed by atoms with Crippen LogP contribution in [0.4, 0.5) is 0 Å². The highest BCUT2D eigenvalue weighted by Gasteiger charge is 1.79. The molecule has 2 nitrogen and oxygen atoms in total. The van der Waals surface area contributed by atoms with E-state index in [1.807, 2.05) is 0 Å². The van der Waals surface area contributed by atoms with Crippen molar-refractivity contribution in [1.29, 1.82) is 0 Å². The maximum Gasteiger partial charge on any atom is 0.193 e. The van der Waals surface area contributed by atoms with E-state index in [0.717, 1.165) is 5.56 Å². The summed E-state index contributed by atoms with van der Waals surface area (Å²) in [7, 11) is 0. The third kappa shape index (κ3) is 1.71. The number of aromatic nitrogens is 1. The molecule has 0 bridgehead atoms. The van der Waals surface area contributed by atoms with Crippen molar-refractivity contribution in [2.45, 2.75) is 0 Å². The Hall–Kier alpha value is -1.62. The topological polar surface area (TPSA) is 30.0 Å². The molecule has 0 saturated carbocycles. The number of rotatable bonds is 0. The molecule has 0 atom stereocenters. The van der Waals surface area contributed by atoms with Gasteiger partial charge in [0.05, 0.1) is 0 Å². The predicted molar refractivity (Wildman–Crippen MR) is 37.2 cm³/mol. The Morgan fingerprint density at radius 1 is 1.60 bits per heavy atom. The first-order chi connectivity index (χ1) is 4.93. The molecule has 0 spiro atoms. The van der Waals surface area contributed by atoms with Gasteiger partial charge in [0, 0.05) is 18.0 Å². The van der Waals surface area contributed by atoms with Crippen LogP contribution in [0.3, 0.4) is 0 Å². The number of nitrogens with zero attached hydrogens (tertiary/aromatic N) is 1. The van der Waals surface area contributed by atoms with E-state index in [2.05, 4.69) is 16.8 Å². The third-order valence-corrected chi connectivity index (χ3v) is 0.937. The molecule has 0 aromatic carbocycles. The monoisotopic (exact) mass is 131 g/mol. The van der Waals surface area contributed by atoms with Gasteiger partial charge in [-0.3, -0.25) is 9.78 Å². The molecule has 0 aliphatic heterocycles. The van der Waals surface area contributed by atoms with Crippen LogP contribution in [-0.4, -0.2) is 11.3 Å². The molecule has 10 heavy (non-hydrogen) atoms. The maximum absolute atomic E-state index is 9.78. The Labute approximate surface area is 58.9 Å². The number of carbonyl (C=O) groups excluding carboxylic acids is 1. The van der Waals surface area contributed by atoms with Crippen LogP contribution in [-0.2, 0) is 4.79 Å². The fourth-order valence-corrected chi connectivity index (χ4v) is 0.549. The van der Waals surface area contributed by atoms with Gasteiger partial charge < -0.3 is 0 Å². The molecule has 0 radical (unpaired) electrons. The average molecular weight is 131 g/mol. The summed E-state index contributed by atoms with van der Waals surface area (Å²) in [5.74, 6) is 4.91. The molecule has 0 aliphatic rings. The van der Waals surface area contributed by atoms with Crippen LogP contribution >= 0.6 is 0 Å². The Balaban J connectivity index is 2.86. The zero-order valence-corrected chi connectivity index (χ0v) is 5.24. The summed E-state index contributed by atoms with van der Waals surface area (Å²) in [6.45, 7) is 0. The zero-order valence-electron chi connectivity index (χ0n) is 5.24. The molecule has 1 aromatic rings. The van der Waals surface area contributed by atoms with E-state index < -0.39 is 0 Å². The summed E-state index contributed by atoms with van der Waals surface area (Å²) in [5.41, 5.74) is 0.759. The summed E-state index contributed by atoms with van der Waals surface area (Å²) in [5, 5.41) is 0. The number of aldehydes is 1. The minimum atomic E-state index is 0.562.